The molecule has 0 fully saturated rings. The Bertz CT molecular complexity index is 236. The highest BCUT2D eigenvalue weighted by molar-refractivity contribution is 6.08. The average Bonchev–Trinajstić information content (AvgIpc) is 1.93. The Balaban J connectivity index is 2.98. The van der Waals surface area contributed by atoms with E-state index >= 15 is 0 Å². The predicted molar refractivity (Wildman–Crippen MR) is 39.3 cm³/mol. The molecular formula is C8H10NO. The molecule has 0 unspecified atom stereocenters. The maximum absolute atomic E-state index is 11.1. The number of ketones is 1. The van der Waals surface area contributed by atoms with E-state index in [0.717, 1.165) is 16.8 Å². The van der Waals surface area contributed by atoms with Gasteiger partial charge >= 0.3 is 0 Å². The minimum Gasteiger partial charge on any atom is -0.289 e. The van der Waals surface area contributed by atoms with E-state index in [1.165, 1.54) is 0 Å². The van der Waals surface area contributed by atoms with Crippen LogP contribution in [-0.4, -0.2) is 5.78 Å². The Morgan fingerprint density at radius 1 is 1.30 bits per heavy atom. The van der Waals surface area contributed by atoms with Crippen LogP contribution in [0, 0.1) is 0 Å². The highest BCUT2D eigenvalue weighted by atomic mass is 16.1. The maximum atomic E-state index is 11.1. The molecule has 2 nitrogen and oxygen atoms in total. The van der Waals surface area contributed by atoms with Crippen molar-refractivity contribution in [1.82, 2.24) is 5.32 Å². The van der Waals surface area contributed by atoms with Crippen molar-refractivity contribution in [2.75, 3.05) is 0 Å². The molecule has 2 heteroatoms. The smallest absolute Gasteiger partial charge is 0.187 e. The van der Waals surface area contributed by atoms with Gasteiger partial charge in [-0.05, 0) is 20.8 Å². The van der Waals surface area contributed by atoms with Gasteiger partial charge in [0, 0.05) is 23.0 Å². The zero-order chi connectivity index (χ0) is 7.72. The highest BCUT2D eigenvalue weighted by Crippen LogP contribution is 2.13. The number of hydrogen-bond acceptors (Lipinski definition) is 1. The maximum Gasteiger partial charge on any atom is 0.187 e. The van der Waals surface area contributed by atoms with E-state index in [0.29, 0.717) is 0 Å². The summed E-state index contributed by atoms with van der Waals surface area (Å²) in [6.45, 7) is 5.43. The first-order valence-electron chi connectivity index (χ1n) is 3.22. The van der Waals surface area contributed by atoms with Crippen LogP contribution in [0.15, 0.2) is 23.0 Å². The van der Waals surface area contributed by atoms with Gasteiger partial charge in [0.05, 0.1) is 0 Å². The van der Waals surface area contributed by atoms with Crippen LogP contribution in [0.1, 0.15) is 20.8 Å². The third-order valence-electron chi connectivity index (χ3n) is 1.69. The fourth-order valence-electron chi connectivity index (χ4n) is 0.809. The van der Waals surface area contributed by atoms with Crippen molar-refractivity contribution in [3.05, 3.63) is 23.0 Å². The van der Waals surface area contributed by atoms with Crippen LogP contribution in [0.3, 0.4) is 0 Å². The minimum atomic E-state index is 0.118. The van der Waals surface area contributed by atoms with Gasteiger partial charge < -0.3 is 0 Å². The number of rotatable bonds is 0. The third-order valence-corrected chi connectivity index (χ3v) is 1.69. The summed E-state index contributed by atoms with van der Waals surface area (Å²) in [5.74, 6) is 0.118. The number of hydrogen-bond donors (Lipinski definition) is 0. The first-order valence-corrected chi connectivity index (χ1v) is 3.22. The van der Waals surface area contributed by atoms with Gasteiger partial charge in [-0.25, -0.2) is 0 Å². The van der Waals surface area contributed by atoms with Gasteiger partial charge in [0.15, 0.2) is 5.78 Å². The highest BCUT2D eigenvalue weighted by Gasteiger charge is 2.14. The van der Waals surface area contributed by atoms with E-state index in [9.17, 15) is 4.79 Å². The van der Waals surface area contributed by atoms with E-state index < -0.39 is 0 Å². The van der Waals surface area contributed by atoms with Gasteiger partial charge in [0.25, 0.3) is 0 Å². The average molecular weight is 136 g/mol. The van der Waals surface area contributed by atoms with Gasteiger partial charge in [0.2, 0.25) is 0 Å². The van der Waals surface area contributed by atoms with Crippen LogP contribution < -0.4 is 5.32 Å². The molecule has 1 heterocycles. The Morgan fingerprint density at radius 2 is 1.90 bits per heavy atom. The van der Waals surface area contributed by atoms with Crippen LogP contribution >= 0.6 is 0 Å². The molecule has 0 aromatic rings. The molecule has 1 aliphatic rings. The third kappa shape index (κ3) is 0.967. The van der Waals surface area contributed by atoms with Crippen molar-refractivity contribution in [3.63, 3.8) is 0 Å². The summed E-state index contributed by atoms with van der Waals surface area (Å²) in [5.41, 5.74) is 2.32. The quantitative estimate of drug-likeness (QED) is 0.494. The van der Waals surface area contributed by atoms with Crippen molar-refractivity contribution < 1.29 is 4.79 Å². The lowest BCUT2D eigenvalue weighted by molar-refractivity contribution is -0.112. The molecule has 0 atom stereocenters. The van der Waals surface area contributed by atoms with Crippen LogP contribution in [0.4, 0.5) is 0 Å². The SMILES string of the molecule is CC1=C[N]C(C)=C(C)C1=O. The van der Waals surface area contributed by atoms with Crippen LogP contribution in [0.5, 0.6) is 0 Å². The van der Waals surface area contributed by atoms with E-state index in [4.69, 9.17) is 0 Å². The summed E-state index contributed by atoms with van der Waals surface area (Å²) in [7, 11) is 0. The lowest BCUT2D eigenvalue weighted by Crippen LogP contribution is -2.13. The summed E-state index contributed by atoms with van der Waals surface area (Å²) >= 11 is 0. The number of carbonyl (C=O) groups is 1. The molecule has 0 bridgehead atoms. The van der Waals surface area contributed by atoms with Gasteiger partial charge in [-0.3, -0.25) is 10.1 Å². The number of carbonyl (C=O) groups excluding carboxylic acids is 1. The predicted octanol–water partition coefficient (Wildman–Crippen LogP) is 1.37. The molecule has 53 valence electrons. The zero-order valence-electron chi connectivity index (χ0n) is 6.43. The van der Waals surface area contributed by atoms with Gasteiger partial charge in [-0.15, -0.1) is 0 Å². The van der Waals surface area contributed by atoms with Crippen molar-refractivity contribution in [2.45, 2.75) is 20.8 Å². The summed E-state index contributed by atoms with van der Waals surface area (Å²) in [6.07, 6.45) is 1.62. The Morgan fingerprint density at radius 3 is 2.40 bits per heavy atom. The summed E-state index contributed by atoms with van der Waals surface area (Å²) in [5, 5.41) is 4.04. The first kappa shape index (κ1) is 7.06. The van der Waals surface area contributed by atoms with Gasteiger partial charge in [-0.1, -0.05) is 0 Å². The summed E-state index contributed by atoms with van der Waals surface area (Å²) in [6, 6.07) is 0. The fraction of sp³-hybridized carbons (Fsp3) is 0.375. The van der Waals surface area contributed by atoms with Crippen LogP contribution in [-0.2, 0) is 4.79 Å². The van der Waals surface area contributed by atoms with Gasteiger partial charge in [-0.2, -0.15) is 0 Å². The van der Waals surface area contributed by atoms with Crippen LogP contribution in [0.2, 0.25) is 0 Å². The molecule has 0 aliphatic carbocycles. The van der Waals surface area contributed by atoms with Crippen molar-refractivity contribution in [1.29, 1.82) is 0 Å². The molecule has 1 radical (unpaired) electrons. The van der Waals surface area contributed by atoms with E-state index in [2.05, 4.69) is 5.32 Å². The molecule has 1 aliphatic heterocycles. The monoisotopic (exact) mass is 136 g/mol. The standard InChI is InChI=1S/C8H10NO/c1-5-4-9-7(3)6(2)8(5)10/h4H,1-3H3. The second-order valence-corrected chi connectivity index (χ2v) is 2.48. The Labute approximate surface area is 60.6 Å². The number of Topliss-reactive ketones (excluding diaryl/α,β-unsaturated/α-hetero) is 1. The Hall–Kier alpha value is -1.05. The normalized spacial score (nSPS) is 18.7. The van der Waals surface area contributed by atoms with Crippen molar-refractivity contribution in [3.8, 4) is 0 Å². The van der Waals surface area contributed by atoms with Crippen molar-refractivity contribution in [2.24, 2.45) is 0 Å². The minimum absolute atomic E-state index is 0.118. The molecular weight excluding hydrogens is 126 g/mol. The van der Waals surface area contributed by atoms with E-state index in [1.54, 1.807) is 20.0 Å². The molecule has 0 aromatic heterocycles. The van der Waals surface area contributed by atoms with Gasteiger partial charge in [0.1, 0.15) is 0 Å². The first-order chi connectivity index (χ1) is 4.63. The lowest BCUT2D eigenvalue weighted by Gasteiger charge is -2.10. The molecule has 0 saturated carbocycles. The molecule has 0 amide bonds. The van der Waals surface area contributed by atoms with Crippen molar-refractivity contribution >= 4 is 5.78 Å². The molecule has 10 heavy (non-hydrogen) atoms. The summed E-state index contributed by atoms with van der Waals surface area (Å²) < 4.78 is 0. The number of allylic oxidation sites excluding steroid dienone is 3. The molecule has 0 N–H and O–H groups in total. The molecule has 1 rings (SSSR count). The molecule has 0 saturated heterocycles. The van der Waals surface area contributed by atoms with E-state index in [-0.39, 0.29) is 5.78 Å². The fourth-order valence-corrected chi connectivity index (χ4v) is 0.809. The Kier molecular flexibility index (Phi) is 1.62. The summed E-state index contributed by atoms with van der Waals surface area (Å²) in [4.78, 5) is 11.1. The second kappa shape index (κ2) is 2.29. The largest absolute Gasteiger partial charge is 0.289 e. The topological polar surface area (TPSA) is 31.2 Å². The number of nitrogens with zero attached hydrogens (tertiary/aromatic N) is 1. The molecule has 0 aromatic carbocycles. The zero-order valence-corrected chi connectivity index (χ0v) is 6.43. The molecule has 0 spiro atoms. The van der Waals surface area contributed by atoms with E-state index in [1.807, 2.05) is 6.92 Å². The lowest BCUT2D eigenvalue weighted by atomic mass is 10.0. The second-order valence-electron chi connectivity index (χ2n) is 2.48. The van der Waals surface area contributed by atoms with Crippen LogP contribution in [0.25, 0.3) is 0 Å².